The Balaban J connectivity index is 2.15. The minimum absolute atomic E-state index is 0.166. The normalized spacial score (nSPS) is 10.0. The SMILES string of the molecule is C=CCOC(=O)c1ccc(OC)c(OCc2cccc(Br)c2)c1. The first kappa shape index (κ1) is 17.1. The number of rotatable bonds is 7. The highest BCUT2D eigenvalue weighted by atomic mass is 79.9. The molecule has 0 heterocycles. The van der Waals surface area contributed by atoms with Crippen molar-refractivity contribution >= 4 is 21.9 Å². The lowest BCUT2D eigenvalue weighted by atomic mass is 10.2. The van der Waals surface area contributed by atoms with Crippen LogP contribution in [0.1, 0.15) is 15.9 Å². The molecule has 0 radical (unpaired) electrons. The minimum atomic E-state index is -0.431. The lowest BCUT2D eigenvalue weighted by Gasteiger charge is -2.12. The van der Waals surface area contributed by atoms with E-state index in [2.05, 4.69) is 22.5 Å². The number of carbonyl (C=O) groups excluding carboxylic acids is 1. The summed E-state index contributed by atoms with van der Waals surface area (Å²) in [6.07, 6.45) is 1.52. The third-order valence-electron chi connectivity index (χ3n) is 3.01. The Hall–Kier alpha value is -2.27. The summed E-state index contributed by atoms with van der Waals surface area (Å²) in [5.41, 5.74) is 1.40. The molecule has 4 nitrogen and oxygen atoms in total. The maximum absolute atomic E-state index is 11.9. The molecule has 0 aliphatic heterocycles. The first-order valence-electron chi connectivity index (χ1n) is 6.97. The van der Waals surface area contributed by atoms with E-state index in [1.165, 1.54) is 6.08 Å². The Morgan fingerprint density at radius 1 is 1.22 bits per heavy atom. The van der Waals surface area contributed by atoms with Gasteiger partial charge in [0.15, 0.2) is 11.5 Å². The fraction of sp³-hybridized carbons (Fsp3) is 0.167. The van der Waals surface area contributed by atoms with E-state index in [9.17, 15) is 4.79 Å². The highest BCUT2D eigenvalue weighted by molar-refractivity contribution is 9.10. The van der Waals surface area contributed by atoms with Crippen LogP contribution in [-0.4, -0.2) is 19.7 Å². The van der Waals surface area contributed by atoms with Gasteiger partial charge in [-0.05, 0) is 35.9 Å². The second-order valence-electron chi connectivity index (χ2n) is 4.67. The number of hydrogen-bond acceptors (Lipinski definition) is 4. The Morgan fingerprint density at radius 3 is 2.74 bits per heavy atom. The van der Waals surface area contributed by atoms with Gasteiger partial charge in [0.2, 0.25) is 0 Å². The Labute approximate surface area is 143 Å². The van der Waals surface area contributed by atoms with E-state index in [1.54, 1.807) is 25.3 Å². The molecule has 0 amide bonds. The summed E-state index contributed by atoms with van der Waals surface area (Å²) in [6, 6.07) is 12.7. The van der Waals surface area contributed by atoms with Crippen LogP contribution in [0.15, 0.2) is 59.6 Å². The number of benzene rings is 2. The topological polar surface area (TPSA) is 44.8 Å². The second kappa shape index (κ2) is 8.39. The molecule has 5 heteroatoms. The van der Waals surface area contributed by atoms with Crippen LogP contribution in [-0.2, 0) is 11.3 Å². The van der Waals surface area contributed by atoms with Crippen LogP contribution in [0, 0.1) is 0 Å². The molecule has 2 aromatic carbocycles. The Morgan fingerprint density at radius 2 is 2.04 bits per heavy atom. The van der Waals surface area contributed by atoms with Gasteiger partial charge < -0.3 is 14.2 Å². The van der Waals surface area contributed by atoms with Gasteiger partial charge in [0.1, 0.15) is 13.2 Å². The van der Waals surface area contributed by atoms with Gasteiger partial charge in [0.25, 0.3) is 0 Å². The summed E-state index contributed by atoms with van der Waals surface area (Å²) in [7, 11) is 1.55. The summed E-state index contributed by atoms with van der Waals surface area (Å²) in [5, 5.41) is 0. The molecule has 0 aliphatic carbocycles. The average molecular weight is 377 g/mol. The molecule has 0 unspecified atom stereocenters. The number of ether oxygens (including phenoxy) is 3. The molecule has 0 aromatic heterocycles. The molecule has 0 saturated heterocycles. The van der Waals surface area contributed by atoms with Crippen molar-refractivity contribution in [2.24, 2.45) is 0 Å². The van der Waals surface area contributed by atoms with Crippen LogP contribution in [0.4, 0.5) is 0 Å². The quantitative estimate of drug-likeness (QED) is 0.531. The minimum Gasteiger partial charge on any atom is -0.493 e. The summed E-state index contributed by atoms with van der Waals surface area (Å²) in [6.45, 7) is 4.04. The van der Waals surface area contributed by atoms with Crippen LogP contribution >= 0.6 is 15.9 Å². The molecule has 120 valence electrons. The third kappa shape index (κ3) is 4.86. The lowest BCUT2D eigenvalue weighted by Crippen LogP contribution is -2.06. The van der Waals surface area contributed by atoms with Crippen molar-refractivity contribution in [1.29, 1.82) is 0 Å². The van der Waals surface area contributed by atoms with Gasteiger partial charge in [-0.3, -0.25) is 0 Å². The lowest BCUT2D eigenvalue weighted by molar-refractivity contribution is 0.0549. The number of carbonyl (C=O) groups is 1. The fourth-order valence-corrected chi connectivity index (χ4v) is 2.37. The zero-order valence-electron chi connectivity index (χ0n) is 12.8. The van der Waals surface area contributed by atoms with Crippen LogP contribution in [0.3, 0.4) is 0 Å². The highest BCUT2D eigenvalue weighted by Crippen LogP contribution is 2.29. The molecule has 2 rings (SSSR count). The monoisotopic (exact) mass is 376 g/mol. The zero-order valence-corrected chi connectivity index (χ0v) is 14.3. The highest BCUT2D eigenvalue weighted by Gasteiger charge is 2.12. The van der Waals surface area contributed by atoms with Crippen molar-refractivity contribution in [2.75, 3.05) is 13.7 Å². The van der Waals surface area contributed by atoms with Gasteiger partial charge in [-0.25, -0.2) is 4.79 Å². The molecule has 23 heavy (non-hydrogen) atoms. The zero-order chi connectivity index (χ0) is 16.7. The van der Waals surface area contributed by atoms with Gasteiger partial charge in [-0.15, -0.1) is 0 Å². The molecule has 0 atom stereocenters. The van der Waals surface area contributed by atoms with E-state index < -0.39 is 5.97 Å². The van der Waals surface area contributed by atoms with Gasteiger partial charge >= 0.3 is 5.97 Å². The van der Waals surface area contributed by atoms with E-state index in [1.807, 2.05) is 24.3 Å². The van der Waals surface area contributed by atoms with Crippen molar-refractivity contribution < 1.29 is 19.0 Å². The molecule has 0 fully saturated rings. The average Bonchev–Trinajstić information content (AvgIpc) is 2.57. The van der Waals surface area contributed by atoms with Crippen molar-refractivity contribution in [1.82, 2.24) is 0 Å². The maximum Gasteiger partial charge on any atom is 0.338 e. The molecule has 0 aliphatic rings. The van der Waals surface area contributed by atoms with E-state index in [4.69, 9.17) is 14.2 Å². The molecule has 0 N–H and O–H groups in total. The number of hydrogen-bond donors (Lipinski definition) is 0. The predicted molar refractivity (Wildman–Crippen MR) is 91.9 cm³/mol. The summed E-state index contributed by atoms with van der Waals surface area (Å²) in [4.78, 5) is 11.9. The number of methoxy groups -OCH3 is 1. The summed E-state index contributed by atoms with van der Waals surface area (Å²) >= 11 is 3.42. The summed E-state index contributed by atoms with van der Waals surface area (Å²) in [5.74, 6) is 0.612. The second-order valence-corrected chi connectivity index (χ2v) is 5.59. The van der Waals surface area contributed by atoms with Crippen LogP contribution in [0.2, 0.25) is 0 Å². The standard InChI is InChI=1S/C18H17BrO4/c1-3-9-22-18(20)14-7-8-16(21-2)17(11-14)23-12-13-5-4-6-15(19)10-13/h3-8,10-11H,1,9,12H2,2H3. The van der Waals surface area contributed by atoms with Crippen LogP contribution < -0.4 is 9.47 Å². The molecule has 0 saturated carbocycles. The maximum atomic E-state index is 11.9. The van der Waals surface area contributed by atoms with Crippen molar-refractivity contribution in [3.8, 4) is 11.5 Å². The van der Waals surface area contributed by atoms with Crippen molar-refractivity contribution in [3.63, 3.8) is 0 Å². The van der Waals surface area contributed by atoms with Gasteiger partial charge in [0, 0.05) is 4.47 Å². The number of halogens is 1. The van der Waals surface area contributed by atoms with E-state index in [0.717, 1.165) is 10.0 Å². The van der Waals surface area contributed by atoms with E-state index >= 15 is 0 Å². The molecular formula is C18H17BrO4. The largest absolute Gasteiger partial charge is 0.493 e. The third-order valence-corrected chi connectivity index (χ3v) is 3.51. The van der Waals surface area contributed by atoms with Crippen LogP contribution in [0.5, 0.6) is 11.5 Å². The molecule has 0 spiro atoms. The van der Waals surface area contributed by atoms with Gasteiger partial charge in [-0.1, -0.05) is 40.7 Å². The smallest absolute Gasteiger partial charge is 0.338 e. The first-order valence-corrected chi connectivity index (χ1v) is 7.76. The first-order chi connectivity index (χ1) is 11.1. The fourth-order valence-electron chi connectivity index (χ4n) is 1.92. The Bertz CT molecular complexity index is 697. The van der Waals surface area contributed by atoms with Gasteiger partial charge in [-0.2, -0.15) is 0 Å². The van der Waals surface area contributed by atoms with E-state index in [0.29, 0.717) is 23.7 Å². The van der Waals surface area contributed by atoms with Crippen molar-refractivity contribution in [2.45, 2.75) is 6.61 Å². The van der Waals surface area contributed by atoms with Crippen molar-refractivity contribution in [3.05, 3.63) is 70.7 Å². The number of esters is 1. The van der Waals surface area contributed by atoms with E-state index in [-0.39, 0.29) is 6.61 Å². The molecule has 2 aromatic rings. The predicted octanol–water partition coefficient (Wildman–Crippen LogP) is 4.38. The summed E-state index contributed by atoms with van der Waals surface area (Å²) < 4.78 is 17.1. The van der Waals surface area contributed by atoms with Crippen LogP contribution in [0.25, 0.3) is 0 Å². The Kier molecular flexibility index (Phi) is 6.23. The molecular weight excluding hydrogens is 360 g/mol. The van der Waals surface area contributed by atoms with Gasteiger partial charge in [0.05, 0.1) is 12.7 Å². The molecule has 0 bridgehead atoms.